The van der Waals surface area contributed by atoms with Crippen molar-refractivity contribution in [2.24, 2.45) is 0 Å². The Morgan fingerprint density at radius 3 is 2.39 bits per heavy atom. The summed E-state index contributed by atoms with van der Waals surface area (Å²) in [7, 11) is -1.84. The number of rotatable bonds is 6. The van der Waals surface area contributed by atoms with E-state index in [1.165, 1.54) is 16.4 Å². The fourth-order valence-electron chi connectivity index (χ4n) is 3.20. The van der Waals surface area contributed by atoms with Gasteiger partial charge in [0.1, 0.15) is 5.69 Å². The lowest BCUT2D eigenvalue weighted by Gasteiger charge is -2.31. The first kappa shape index (κ1) is 20.2. The number of para-hydroxylation sites is 1. The van der Waals surface area contributed by atoms with Crippen LogP contribution in [0.1, 0.15) is 12.5 Å². The van der Waals surface area contributed by atoms with Crippen molar-refractivity contribution in [3.63, 3.8) is 0 Å². The smallest absolute Gasteiger partial charge is 0.294 e. The van der Waals surface area contributed by atoms with Crippen LogP contribution in [0.3, 0.4) is 0 Å². The van der Waals surface area contributed by atoms with Crippen LogP contribution >= 0.6 is 0 Å². The maximum Gasteiger partial charge on any atom is 0.294 e. The van der Waals surface area contributed by atoms with E-state index in [2.05, 4.69) is 5.32 Å². The van der Waals surface area contributed by atoms with Crippen molar-refractivity contribution in [3.8, 4) is 0 Å². The van der Waals surface area contributed by atoms with Crippen LogP contribution in [-0.4, -0.2) is 55.8 Å². The molecule has 1 N–H and O–H groups in total. The molecule has 0 atom stereocenters. The molecule has 1 aliphatic heterocycles. The summed E-state index contributed by atoms with van der Waals surface area (Å²) in [6, 6.07) is 11.6. The third kappa shape index (κ3) is 4.16. The van der Waals surface area contributed by atoms with Crippen LogP contribution in [0.4, 0.5) is 17.1 Å². The molecule has 150 valence electrons. The van der Waals surface area contributed by atoms with Crippen molar-refractivity contribution >= 4 is 27.1 Å². The van der Waals surface area contributed by atoms with Gasteiger partial charge in [0.15, 0.2) is 0 Å². The third-order valence-electron chi connectivity index (χ3n) is 4.93. The fraction of sp³-hybridized carbons (Fsp3) is 0.368. The monoisotopic (exact) mass is 404 g/mol. The Balaban J connectivity index is 1.94. The predicted molar refractivity (Wildman–Crippen MR) is 108 cm³/mol. The topological polar surface area (TPSA) is 95.8 Å². The summed E-state index contributed by atoms with van der Waals surface area (Å²) >= 11 is 0. The number of nitro benzene ring substituents is 1. The maximum atomic E-state index is 12.9. The molecule has 0 radical (unpaired) electrons. The lowest BCUT2D eigenvalue weighted by atomic mass is 10.1. The number of hydrogen-bond donors (Lipinski definition) is 1. The molecule has 1 fully saturated rings. The standard InChI is InChI=1S/C19H24N4O4S/c1-3-15-6-4-5-7-17(15)20-18-9-8-16(14-19(18)23(24)25)28(26,27)22-12-10-21(2)11-13-22/h4-9,14,20H,3,10-13H2,1-2H3. The summed E-state index contributed by atoms with van der Waals surface area (Å²) in [6.07, 6.45) is 0.771. The van der Waals surface area contributed by atoms with E-state index in [1.807, 2.05) is 43.1 Å². The van der Waals surface area contributed by atoms with Gasteiger partial charge in [-0.25, -0.2) is 8.42 Å². The highest BCUT2D eigenvalue weighted by molar-refractivity contribution is 7.89. The summed E-state index contributed by atoms with van der Waals surface area (Å²) in [6.45, 7) is 4.01. The Morgan fingerprint density at radius 2 is 1.75 bits per heavy atom. The zero-order chi connectivity index (χ0) is 20.3. The van der Waals surface area contributed by atoms with Gasteiger partial charge in [-0.05, 0) is 37.2 Å². The van der Waals surface area contributed by atoms with Crippen LogP contribution in [0.5, 0.6) is 0 Å². The SMILES string of the molecule is CCc1ccccc1Nc1ccc(S(=O)(=O)N2CCN(C)CC2)cc1[N+](=O)[O-]. The van der Waals surface area contributed by atoms with Gasteiger partial charge in [0.25, 0.3) is 5.69 Å². The molecule has 0 bridgehead atoms. The van der Waals surface area contributed by atoms with Gasteiger partial charge in [-0.3, -0.25) is 10.1 Å². The summed E-state index contributed by atoms with van der Waals surface area (Å²) in [4.78, 5) is 13.1. The Kier molecular flexibility index (Phi) is 5.97. The number of likely N-dealkylation sites (N-methyl/N-ethyl adjacent to an activating group) is 1. The highest BCUT2D eigenvalue weighted by Gasteiger charge is 2.29. The van der Waals surface area contributed by atoms with E-state index in [-0.39, 0.29) is 16.3 Å². The highest BCUT2D eigenvalue weighted by atomic mass is 32.2. The summed E-state index contributed by atoms with van der Waals surface area (Å²) < 4.78 is 27.2. The Morgan fingerprint density at radius 1 is 1.07 bits per heavy atom. The minimum absolute atomic E-state index is 0.0573. The third-order valence-corrected chi connectivity index (χ3v) is 6.83. The molecular weight excluding hydrogens is 380 g/mol. The molecule has 1 saturated heterocycles. The van der Waals surface area contributed by atoms with E-state index < -0.39 is 14.9 Å². The molecule has 0 aliphatic carbocycles. The van der Waals surface area contributed by atoms with Crippen LogP contribution in [0.25, 0.3) is 0 Å². The summed E-state index contributed by atoms with van der Waals surface area (Å²) in [5, 5.41) is 14.7. The number of nitro groups is 1. The minimum atomic E-state index is -3.77. The quantitative estimate of drug-likeness (QED) is 0.588. The van der Waals surface area contributed by atoms with E-state index in [9.17, 15) is 18.5 Å². The van der Waals surface area contributed by atoms with E-state index in [0.29, 0.717) is 26.2 Å². The number of benzene rings is 2. The van der Waals surface area contributed by atoms with Crippen LogP contribution in [0.2, 0.25) is 0 Å². The second-order valence-corrected chi connectivity index (χ2v) is 8.72. The second-order valence-electron chi connectivity index (χ2n) is 6.78. The predicted octanol–water partition coefficient (Wildman–Crippen LogP) is 2.84. The van der Waals surface area contributed by atoms with Gasteiger partial charge < -0.3 is 10.2 Å². The number of nitrogens with one attached hydrogen (secondary N) is 1. The normalized spacial score (nSPS) is 16.1. The van der Waals surface area contributed by atoms with E-state index in [0.717, 1.165) is 23.7 Å². The molecule has 28 heavy (non-hydrogen) atoms. The molecule has 0 amide bonds. The molecule has 1 heterocycles. The van der Waals surface area contributed by atoms with Gasteiger partial charge in [0.2, 0.25) is 10.0 Å². The lowest BCUT2D eigenvalue weighted by molar-refractivity contribution is -0.384. The van der Waals surface area contributed by atoms with Crippen molar-refractivity contribution in [3.05, 3.63) is 58.1 Å². The molecule has 8 nitrogen and oxygen atoms in total. The maximum absolute atomic E-state index is 12.9. The van der Waals surface area contributed by atoms with Crippen molar-refractivity contribution in [1.82, 2.24) is 9.21 Å². The molecule has 1 aliphatic rings. The van der Waals surface area contributed by atoms with Crippen LogP contribution < -0.4 is 5.32 Å². The van der Waals surface area contributed by atoms with Gasteiger partial charge in [-0.1, -0.05) is 25.1 Å². The molecule has 2 aromatic rings. The fourth-order valence-corrected chi connectivity index (χ4v) is 4.64. The summed E-state index contributed by atoms with van der Waals surface area (Å²) in [5.41, 5.74) is 1.79. The number of piperazine rings is 1. The molecule has 0 aromatic heterocycles. The number of nitrogens with zero attached hydrogens (tertiary/aromatic N) is 3. The minimum Gasteiger partial charge on any atom is -0.350 e. The van der Waals surface area contributed by atoms with Crippen LogP contribution in [-0.2, 0) is 16.4 Å². The van der Waals surface area contributed by atoms with Gasteiger partial charge in [-0.2, -0.15) is 4.31 Å². The molecule has 2 aromatic carbocycles. The van der Waals surface area contributed by atoms with E-state index >= 15 is 0 Å². The van der Waals surface area contributed by atoms with Crippen molar-refractivity contribution in [2.75, 3.05) is 38.5 Å². The zero-order valence-corrected chi connectivity index (χ0v) is 16.8. The molecule has 0 spiro atoms. The molecule has 3 rings (SSSR count). The second kappa shape index (κ2) is 8.26. The first-order chi connectivity index (χ1) is 13.3. The van der Waals surface area contributed by atoms with Crippen molar-refractivity contribution in [1.29, 1.82) is 0 Å². The molecular formula is C19H24N4O4S. The Hall–Kier alpha value is -2.49. The number of hydrogen-bond acceptors (Lipinski definition) is 6. The van der Waals surface area contributed by atoms with Gasteiger partial charge in [-0.15, -0.1) is 0 Å². The lowest BCUT2D eigenvalue weighted by Crippen LogP contribution is -2.47. The first-order valence-electron chi connectivity index (χ1n) is 9.15. The van der Waals surface area contributed by atoms with Crippen LogP contribution in [0, 0.1) is 10.1 Å². The molecule has 0 saturated carbocycles. The average Bonchev–Trinajstić information content (AvgIpc) is 2.68. The van der Waals surface area contributed by atoms with Gasteiger partial charge in [0, 0.05) is 37.9 Å². The van der Waals surface area contributed by atoms with Crippen LogP contribution in [0.15, 0.2) is 47.4 Å². The van der Waals surface area contributed by atoms with Crippen molar-refractivity contribution < 1.29 is 13.3 Å². The van der Waals surface area contributed by atoms with E-state index in [4.69, 9.17) is 0 Å². The zero-order valence-electron chi connectivity index (χ0n) is 16.0. The highest BCUT2D eigenvalue weighted by Crippen LogP contribution is 2.32. The van der Waals surface area contributed by atoms with Gasteiger partial charge >= 0.3 is 0 Å². The first-order valence-corrected chi connectivity index (χ1v) is 10.6. The number of aryl methyl sites for hydroxylation is 1. The largest absolute Gasteiger partial charge is 0.350 e. The number of anilines is 2. The van der Waals surface area contributed by atoms with Crippen molar-refractivity contribution in [2.45, 2.75) is 18.2 Å². The number of sulfonamides is 1. The molecule has 9 heteroatoms. The summed E-state index contributed by atoms with van der Waals surface area (Å²) in [5.74, 6) is 0. The molecule has 0 unspecified atom stereocenters. The van der Waals surface area contributed by atoms with Gasteiger partial charge in [0.05, 0.1) is 9.82 Å². The Labute approximate surface area is 165 Å². The average molecular weight is 404 g/mol. The Bertz CT molecular complexity index is 970. The van der Waals surface area contributed by atoms with E-state index in [1.54, 1.807) is 0 Å².